The third-order valence-electron chi connectivity index (χ3n) is 4.25. The molecule has 2 N–H and O–H groups in total. The molecular weight excluding hydrogens is 262 g/mol. The summed E-state index contributed by atoms with van der Waals surface area (Å²) in [6.45, 7) is 4.17. The van der Waals surface area contributed by atoms with Crippen LogP contribution in [0, 0.1) is 5.92 Å². The lowest BCUT2D eigenvalue weighted by Gasteiger charge is -2.26. The highest BCUT2D eigenvalue weighted by Crippen LogP contribution is 2.39. The Hall–Kier alpha value is -2.10. The molecule has 0 atom stereocenters. The number of benzene rings is 1. The zero-order valence-corrected chi connectivity index (χ0v) is 12.7. The lowest BCUT2D eigenvalue weighted by Crippen LogP contribution is -2.45. The first kappa shape index (κ1) is 13.9. The van der Waals surface area contributed by atoms with Gasteiger partial charge in [0.1, 0.15) is 5.69 Å². The van der Waals surface area contributed by atoms with Gasteiger partial charge >= 0.3 is 0 Å². The molecule has 0 radical (unpaired) electrons. The average Bonchev–Trinajstić information content (AvgIpc) is 3.30. The predicted octanol–water partition coefficient (Wildman–Crippen LogP) is 3.19. The number of fused-ring (bicyclic) bond motifs is 1. The number of pyridine rings is 1. The zero-order valence-electron chi connectivity index (χ0n) is 12.7. The van der Waals surface area contributed by atoms with E-state index >= 15 is 0 Å². The molecule has 1 saturated carbocycles. The quantitative estimate of drug-likeness (QED) is 0.906. The van der Waals surface area contributed by atoms with E-state index in [1.807, 2.05) is 37.4 Å². The van der Waals surface area contributed by atoms with Gasteiger partial charge in [0, 0.05) is 23.7 Å². The molecule has 1 aliphatic carbocycles. The number of para-hydroxylation sites is 1. The third kappa shape index (κ3) is 2.71. The molecular formula is C17H21N3O. The number of anilines is 1. The first-order valence-corrected chi connectivity index (χ1v) is 7.41. The summed E-state index contributed by atoms with van der Waals surface area (Å²) in [4.78, 5) is 17.0. The first-order chi connectivity index (χ1) is 10.0. The number of amides is 1. The summed E-state index contributed by atoms with van der Waals surface area (Å²) in [5, 5.41) is 7.29. The van der Waals surface area contributed by atoms with Crippen LogP contribution in [0.15, 0.2) is 30.3 Å². The molecule has 1 heterocycles. The zero-order chi connectivity index (χ0) is 15.0. The molecule has 4 heteroatoms. The monoisotopic (exact) mass is 283 g/mol. The normalized spacial score (nSPS) is 15.0. The Morgan fingerprint density at radius 2 is 2.00 bits per heavy atom. The molecule has 0 spiro atoms. The Morgan fingerprint density at radius 3 is 2.67 bits per heavy atom. The average molecular weight is 283 g/mol. The van der Waals surface area contributed by atoms with Crippen molar-refractivity contribution in [3.05, 3.63) is 36.0 Å². The van der Waals surface area contributed by atoms with Gasteiger partial charge in [-0.2, -0.15) is 0 Å². The van der Waals surface area contributed by atoms with Crippen molar-refractivity contribution < 1.29 is 4.79 Å². The van der Waals surface area contributed by atoms with E-state index in [0.717, 1.165) is 16.6 Å². The molecule has 0 unspecified atom stereocenters. The van der Waals surface area contributed by atoms with Gasteiger partial charge < -0.3 is 10.6 Å². The van der Waals surface area contributed by atoms with E-state index in [9.17, 15) is 4.79 Å². The number of rotatable bonds is 4. The van der Waals surface area contributed by atoms with E-state index < -0.39 is 0 Å². The first-order valence-electron chi connectivity index (χ1n) is 7.41. The molecule has 2 aromatic rings. The Balaban J connectivity index is 1.94. The SMILES string of the molecule is CNc1cc(C(=O)NC(C)(C)C2CC2)nc2ccccc12. The van der Waals surface area contributed by atoms with Crippen molar-refractivity contribution in [2.75, 3.05) is 12.4 Å². The van der Waals surface area contributed by atoms with Gasteiger partial charge in [-0.1, -0.05) is 18.2 Å². The minimum atomic E-state index is -0.162. The molecule has 0 aliphatic heterocycles. The van der Waals surface area contributed by atoms with Gasteiger partial charge in [-0.25, -0.2) is 4.98 Å². The number of hydrogen-bond acceptors (Lipinski definition) is 3. The van der Waals surface area contributed by atoms with Crippen molar-refractivity contribution in [3.8, 4) is 0 Å². The summed E-state index contributed by atoms with van der Waals surface area (Å²) in [6.07, 6.45) is 2.39. The summed E-state index contributed by atoms with van der Waals surface area (Å²) < 4.78 is 0. The van der Waals surface area contributed by atoms with Crippen molar-refractivity contribution in [3.63, 3.8) is 0 Å². The molecule has 1 aliphatic rings. The molecule has 1 amide bonds. The third-order valence-corrected chi connectivity index (χ3v) is 4.25. The number of hydrogen-bond donors (Lipinski definition) is 2. The van der Waals surface area contributed by atoms with Crippen LogP contribution in [-0.2, 0) is 0 Å². The molecule has 1 aromatic carbocycles. The van der Waals surface area contributed by atoms with Crippen LogP contribution < -0.4 is 10.6 Å². The van der Waals surface area contributed by atoms with Crippen molar-refractivity contribution >= 4 is 22.5 Å². The van der Waals surface area contributed by atoms with Gasteiger partial charge in [0.05, 0.1) is 5.52 Å². The number of carbonyl (C=O) groups excluding carboxylic acids is 1. The largest absolute Gasteiger partial charge is 0.388 e. The summed E-state index contributed by atoms with van der Waals surface area (Å²) in [5.41, 5.74) is 2.06. The number of nitrogens with one attached hydrogen (secondary N) is 2. The summed E-state index contributed by atoms with van der Waals surface area (Å²) >= 11 is 0. The number of nitrogens with zero attached hydrogens (tertiary/aromatic N) is 1. The standard InChI is InChI=1S/C17H21N3O/c1-17(2,11-8-9-11)20-16(21)15-10-14(18-3)12-6-4-5-7-13(12)19-15/h4-7,10-11H,8-9H2,1-3H3,(H,18,19)(H,20,21). The van der Waals surface area contributed by atoms with Gasteiger partial charge in [-0.3, -0.25) is 4.79 Å². The smallest absolute Gasteiger partial charge is 0.270 e. The van der Waals surface area contributed by atoms with Gasteiger partial charge in [0.2, 0.25) is 0 Å². The second kappa shape index (κ2) is 5.02. The van der Waals surface area contributed by atoms with Crippen LogP contribution in [0.4, 0.5) is 5.69 Å². The van der Waals surface area contributed by atoms with Gasteiger partial charge in [0.15, 0.2) is 0 Å². The Kier molecular flexibility index (Phi) is 3.32. The van der Waals surface area contributed by atoms with E-state index in [1.165, 1.54) is 12.8 Å². The Labute approximate surface area is 125 Å². The van der Waals surface area contributed by atoms with Gasteiger partial charge in [-0.15, -0.1) is 0 Å². The highest BCUT2D eigenvalue weighted by molar-refractivity contribution is 6.00. The van der Waals surface area contributed by atoms with Gasteiger partial charge in [-0.05, 0) is 44.7 Å². The van der Waals surface area contributed by atoms with Crippen molar-refractivity contribution in [2.45, 2.75) is 32.2 Å². The van der Waals surface area contributed by atoms with Crippen LogP contribution in [0.3, 0.4) is 0 Å². The fourth-order valence-corrected chi connectivity index (χ4v) is 2.76. The lowest BCUT2D eigenvalue weighted by molar-refractivity contribution is 0.0898. The molecule has 1 aromatic heterocycles. The molecule has 110 valence electrons. The second-order valence-corrected chi connectivity index (χ2v) is 6.27. The number of carbonyl (C=O) groups is 1. The van der Waals surface area contributed by atoms with E-state index in [-0.39, 0.29) is 11.4 Å². The minimum Gasteiger partial charge on any atom is -0.388 e. The Bertz CT molecular complexity index is 689. The summed E-state index contributed by atoms with van der Waals surface area (Å²) in [7, 11) is 1.86. The minimum absolute atomic E-state index is 0.103. The molecule has 0 bridgehead atoms. The summed E-state index contributed by atoms with van der Waals surface area (Å²) in [5.74, 6) is 0.486. The van der Waals surface area contributed by atoms with Crippen molar-refractivity contribution in [2.24, 2.45) is 5.92 Å². The maximum Gasteiger partial charge on any atom is 0.270 e. The van der Waals surface area contributed by atoms with E-state index in [4.69, 9.17) is 0 Å². The highest BCUT2D eigenvalue weighted by Gasteiger charge is 2.39. The van der Waals surface area contributed by atoms with Crippen LogP contribution in [-0.4, -0.2) is 23.5 Å². The van der Waals surface area contributed by atoms with Crippen LogP contribution in [0.2, 0.25) is 0 Å². The molecule has 0 saturated heterocycles. The van der Waals surface area contributed by atoms with Crippen LogP contribution in [0.1, 0.15) is 37.2 Å². The van der Waals surface area contributed by atoms with Crippen LogP contribution >= 0.6 is 0 Å². The van der Waals surface area contributed by atoms with Crippen molar-refractivity contribution in [1.29, 1.82) is 0 Å². The summed E-state index contributed by atoms with van der Waals surface area (Å²) in [6, 6.07) is 9.66. The molecule has 3 rings (SSSR count). The molecule has 1 fully saturated rings. The predicted molar refractivity (Wildman–Crippen MR) is 85.6 cm³/mol. The number of aromatic nitrogens is 1. The molecule has 21 heavy (non-hydrogen) atoms. The van der Waals surface area contributed by atoms with Gasteiger partial charge in [0.25, 0.3) is 5.91 Å². The fraction of sp³-hybridized carbons (Fsp3) is 0.412. The lowest BCUT2D eigenvalue weighted by atomic mass is 9.98. The van der Waals surface area contributed by atoms with Crippen molar-refractivity contribution in [1.82, 2.24) is 10.3 Å². The molecule has 4 nitrogen and oxygen atoms in total. The fourth-order valence-electron chi connectivity index (χ4n) is 2.76. The van der Waals surface area contributed by atoms with Crippen LogP contribution in [0.25, 0.3) is 10.9 Å². The maximum atomic E-state index is 12.5. The van der Waals surface area contributed by atoms with Crippen LogP contribution in [0.5, 0.6) is 0 Å². The highest BCUT2D eigenvalue weighted by atomic mass is 16.2. The van der Waals surface area contributed by atoms with E-state index in [1.54, 1.807) is 0 Å². The van der Waals surface area contributed by atoms with E-state index in [2.05, 4.69) is 29.5 Å². The topological polar surface area (TPSA) is 54.0 Å². The second-order valence-electron chi connectivity index (χ2n) is 6.27. The Morgan fingerprint density at radius 1 is 1.29 bits per heavy atom. The van der Waals surface area contributed by atoms with E-state index in [0.29, 0.717) is 11.6 Å². The maximum absolute atomic E-state index is 12.5.